The van der Waals surface area contributed by atoms with E-state index in [9.17, 15) is 14.9 Å². The molecule has 0 radical (unpaired) electrons. The Bertz CT molecular complexity index is 554. The Hall–Kier alpha value is -1.83. The molecule has 1 aromatic carbocycles. The minimum atomic E-state index is -0.604. The first-order valence-corrected chi connectivity index (χ1v) is 6.91. The first kappa shape index (κ1) is 17.2. The van der Waals surface area contributed by atoms with Gasteiger partial charge in [-0.2, -0.15) is 0 Å². The molecule has 0 atom stereocenters. The molecule has 0 spiro atoms. The van der Waals surface area contributed by atoms with Crippen molar-refractivity contribution in [2.24, 2.45) is 0 Å². The number of rotatable bonds is 4. The van der Waals surface area contributed by atoms with E-state index in [1.54, 1.807) is 20.8 Å². The molecule has 0 aliphatic carbocycles. The van der Waals surface area contributed by atoms with E-state index < -0.39 is 16.6 Å². The summed E-state index contributed by atoms with van der Waals surface area (Å²) in [6, 6.07) is 2.84. The smallest absolute Gasteiger partial charge is 0.407 e. The molecule has 21 heavy (non-hydrogen) atoms. The van der Waals surface area contributed by atoms with E-state index in [4.69, 9.17) is 9.47 Å². The number of alkyl carbamates (subject to hydrolysis) is 1. The highest BCUT2D eigenvalue weighted by atomic mass is 79.9. The van der Waals surface area contributed by atoms with Crippen molar-refractivity contribution in [3.8, 4) is 5.75 Å². The largest absolute Gasteiger partial charge is 0.490 e. The summed E-state index contributed by atoms with van der Waals surface area (Å²) < 4.78 is 10.6. The van der Waals surface area contributed by atoms with Crippen LogP contribution in [-0.4, -0.2) is 23.7 Å². The van der Waals surface area contributed by atoms with Gasteiger partial charge < -0.3 is 14.8 Å². The van der Waals surface area contributed by atoms with Crippen LogP contribution in [0.5, 0.6) is 5.75 Å². The first-order valence-electron chi connectivity index (χ1n) is 6.11. The summed E-state index contributed by atoms with van der Waals surface area (Å²) in [5, 5.41) is 13.5. The van der Waals surface area contributed by atoms with Crippen molar-refractivity contribution < 1.29 is 19.2 Å². The molecule has 0 aliphatic heterocycles. The third kappa shape index (κ3) is 5.22. The summed E-state index contributed by atoms with van der Waals surface area (Å²) in [5.74, 6) is 0.146. The first-order chi connectivity index (χ1) is 9.64. The second kappa shape index (κ2) is 6.75. The highest BCUT2D eigenvalue weighted by molar-refractivity contribution is 9.10. The summed E-state index contributed by atoms with van der Waals surface area (Å²) >= 11 is 3.29. The fraction of sp³-hybridized carbons (Fsp3) is 0.462. The van der Waals surface area contributed by atoms with E-state index in [1.807, 2.05) is 0 Å². The van der Waals surface area contributed by atoms with Crippen LogP contribution < -0.4 is 10.1 Å². The van der Waals surface area contributed by atoms with Crippen molar-refractivity contribution in [1.82, 2.24) is 5.32 Å². The molecule has 0 aromatic heterocycles. The minimum Gasteiger partial charge on any atom is -0.490 e. The Morgan fingerprint density at radius 3 is 2.52 bits per heavy atom. The van der Waals surface area contributed by atoms with Crippen LogP contribution in [0.1, 0.15) is 26.3 Å². The van der Waals surface area contributed by atoms with E-state index in [-0.39, 0.29) is 18.0 Å². The third-order valence-electron chi connectivity index (χ3n) is 2.37. The summed E-state index contributed by atoms with van der Waals surface area (Å²) in [5.41, 5.74) is -0.220. The van der Waals surface area contributed by atoms with Crippen LogP contribution in [0.3, 0.4) is 0 Å². The lowest BCUT2D eigenvalue weighted by molar-refractivity contribution is -0.385. The minimum absolute atomic E-state index is 0.0976. The summed E-state index contributed by atoms with van der Waals surface area (Å²) in [6.45, 7) is 5.35. The number of nitro benzene ring substituents is 1. The number of amides is 1. The topological polar surface area (TPSA) is 90.7 Å². The zero-order chi connectivity index (χ0) is 16.2. The fourth-order valence-corrected chi connectivity index (χ4v) is 1.97. The lowest BCUT2D eigenvalue weighted by Crippen LogP contribution is -2.32. The van der Waals surface area contributed by atoms with Crippen LogP contribution in [0, 0.1) is 10.1 Å². The van der Waals surface area contributed by atoms with Crippen LogP contribution in [0.25, 0.3) is 0 Å². The lowest BCUT2D eigenvalue weighted by Gasteiger charge is -2.19. The Kier molecular flexibility index (Phi) is 5.54. The molecular weight excluding hydrogens is 344 g/mol. The quantitative estimate of drug-likeness (QED) is 0.656. The fourth-order valence-electron chi connectivity index (χ4n) is 1.51. The number of hydrogen-bond donors (Lipinski definition) is 1. The molecule has 1 aromatic rings. The Balaban J connectivity index is 2.87. The van der Waals surface area contributed by atoms with E-state index in [2.05, 4.69) is 21.2 Å². The third-order valence-corrected chi connectivity index (χ3v) is 3.10. The SMILES string of the molecule is COc1cc(Br)c(CNC(=O)OC(C)(C)C)cc1[N+](=O)[O-]. The van der Waals surface area contributed by atoms with Crippen LogP contribution in [0.4, 0.5) is 10.5 Å². The summed E-state index contributed by atoms with van der Waals surface area (Å²) in [4.78, 5) is 22.0. The van der Waals surface area contributed by atoms with E-state index in [0.29, 0.717) is 10.0 Å². The van der Waals surface area contributed by atoms with Gasteiger partial charge in [0.15, 0.2) is 5.75 Å². The van der Waals surface area contributed by atoms with Crippen LogP contribution in [0.2, 0.25) is 0 Å². The van der Waals surface area contributed by atoms with Crippen molar-refractivity contribution in [1.29, 1.82) is 0 Å². The average molecular weight is 361 g/mol. The van der Waals surface area contributed by atoms with Gasteiger partial charge in [0.05, 0.1) is 12.0 Å². The summed E-state index contributed by atoms with van der Waals surface area (Å²) in [6.07, 6.45) is -0.590. The lowest BCUT2D eigenvalue weighted by atomic mass is 10.2. The average Bonchev–Trinajstić information content (AvgIpc) is 2.34. The Labute approximate surface area is 130 Å². The molecule has 0 saturated carbocycles. The Morgan fingerprint density at radius 1 is 1.43 bits per heavy atom. The molecule has 0 bridgehead atoms. The van der Waals surface area contributed by atoms with Crippen molar-refractivity contribution in [3.63, 3.8) is 0 Å². The van der Waals surface area contributed by atoms with E-state index in [1.165, 1.54) is 19.2 Å². The molecule has 0 unspecified atom stereocenters. The number of halogens is 1. The van der Waals surface area contributed by atoms with E-state index >= 15 is 0 Å². The van der Waals surface area contributed by atoms with Crippen molar-refractivity contribution in [3.05, 3.63) is 32.3 Å². The van der Waals surface area contributed by atoms with Gasteiger partial charge in [0, 0.05) is 23.2 Å². The van der Waals surface area contributed by atoms with E-state index in [0.717, 1.165) is 0 Å². The molecule has 1 amide bonds. The number of benzene rings is 1. The molecule has 0 aliphatic rings. The van der Waals surface area contributed by atoms with Crippen molar-refractivity contribution >= 4 is 27.7 Å². The standard InChI is InChI=1S/C13H17BrN2O5/c1-13(2,3)21-12(17)15-7-8-5-10(16(18)19)11(20-4)6-9(8)14/h5-6H,7H2,1-4H3,(H,15,17). The molecule has 7 nitrogen and oxygen atoms in total. The second-order valence-corrected chi connectivity index (χ2v) is 6.08. The summed E-state index contributed by atoms with van der Waals surface area (Å²) in [7, 11) is 1.35. The zero-order valence-electron chi connectivity index (χ0n) is 12.2. The number of ether oxygens (including phenoxy) is 2. The highest BCUT2D eigenvalue weighted by Gasteiger charge is 2.20. The van der Waals surface area contributed by atoms with Crippen LogP contribution >= 0.6 is 15.9 Å². The highest BCUT2D eigenvalue weighted by Crippen LogP contribution is 2.33. The number of nitro groups is 1. The van der Waals surface area contributed by atoms with Gasteiger partial charge in [-0.15, -0.1) is 0 Å². The maximum atomic E-state index is 11.6. The number of carbonyl (C=O) groups excluding carboxylic acids is 1. The normalized spacial score (nSPS) is 10.9. The maximum absolute atomic E-state index is 11.6. The predicted molar refractivity (Wildman–Crippen MR) is 80.4 cm³/mol. The Morgan fingerprint density at radius 2 is 2.05 bits per heavy atom. The van der Waals surface area contributed by atoms with Crippen LogP contribution in [-0.2, 0) is 11.3 Å². The monoisotopic (exact) mass is 360 g/mol. The van der Waals surface area contributed by atoms with Gasteiger partial charge in [-0.1, -0.05) is 15.9 Å². The van der Waals surface area contributed by atoms with Gasteiger partial charge in [0.25, 0.3) is 0 Å². The van der Waals surface area contributed by atoms with Gasteiger partial charge in [-0.25, -0.2) is 4.79 Å². The predicted octanol–water partition coefficient (Wildman–Crippen LogP) is 3.39. The van der Waals surface area contributed by atoms with Gasteiger partial charge in [0.2, 0.25) is 0 Å². The maximum Gasteiger partial charge on any atom is 0.407 e. The molecule has 1 N–H and O–H groups in total. The van der Waals surface area contributed by atoms with Gasteiger partial charge >= 0.3 is 11.8 Å². The molecule has 8 heteroatoms. The molecule has 116 valence electrons. The van der Waals surface area contributed by atoms with Crippen molar-refractivity contribution in [2.75, 3.05) is 7.11 Å². The number of carbonyl (C=O) groups is 1. The van der Waals surface area contributed by atoms with Gasteiger partial charge in [0.1, 0.15) is 5.60 Å². The number of hydrogen-bond acceptors (Lipinski definition) is 5. The molecule has 0 fully saturated rings. The molecule has 0 saturated heterocycles. The second-order valence-electron chi connectivity index (χ2n) is 5.23. The number of nitrogens with zero attached hydrogens (tertiary/aromatic N) is 1. The molecule has 0 heterocycles. The van der Waals surface area contributed by atoms with Gasteiger partial charge in [-0.05, 0) is 26.3 Å². The van der Waals surface area contributed by atoms with Crippen LogP contribution in [0.15, 0.2) is 16.6 Å². The molecule has 1 rings (SSSR count). The zero-order valence-corrected chi connectivity index (χ0v) is 13.8. The molecular formula is C13H17BrN2O5. The number of methoxy groups -OCH3 is 1. The van der Waals surface area contributed by atoms with Crippen molar-refractivity contribution in [2.45, 2.75) is 32.9 Å². The van der Waals surface area contributed by atoms with Gasteiger partial charge in [-0.3, -0.25) is 10.1 Å². The number of nitrogens with one attached hydrogen (secondary N) is 1.